The SMILES string of the molecule is CNCCCNS(=O)(=O)c1ccc(-n2ncc(Cl)c(Cl)c2=O)cc1.Cl. The van der Waals surface area contributed by atoms with Gasteiger partial charge in [0.1, 0.15) is 5.02 Å². The fourth-order valence-corrected chi connectivity index (χ4v) is 3.25. The smallest absolute Gasteiger partial charge is 0.291 e. The Kier molecular flexibility index (Phi) is 8.33. The third-order valence-corrected chi connectivity index (χ3v) is 5.39. The molecule has 0 radical (unpaired) electrons. The molecule has 0 fully saturated rings. The number of hydrogen-bond donors (Lipinski definition) is 2. The van der Waals surface area contributed by atoms with Gasteiger partial charge in [-0.25, -0.2) is 13.1 Å². The Labute approximate surface area is 161 Å². The Balaban J connectivity index is 0.00000312. The van der Waals surface area contributed by atoms with Gasteiger partial charge in [0.2, 0.25) is 10.0 Å². The van der Waals surface area contributed by atoms with Crippen LogP contribution in [0.1, 0.15) is 6.42 Å². The Morgan fingerprint density at radius 3 is 2.40 bits per heavy atom. The van der Waals surface area contributed by atoms with Crippen molar-refractivity contribution in [3.63, 3.8) is 0 Å². The fraction of sp³-hybridized carbons (Fsp3) is 0.286. The van der Waals surface area contributed by atoms with Crippen LogP contribution in [0.2, 0.25) is 10.0 Å². The Bertz CT molecular complexity index is 870. The largest absolute Gasteiger partial charge is 0.320 e. The molecule has 0 saturated carbocycles. The molecule has 0 aliphatic rings. The number of hydrogen-bond acceptors (Lipinski definition) is 5. The van der Waals surface area contributed by atoms with Gasteiger partial charge in [-0.15, -0.1) is 12.4 Å². The van der Waals surface area contributed by atoms with Crippen molar-refractivity contribution < 1.29 is 8.42 Å². The van der Waals surface area contributed by atoms with Crippen LogP contribution >= 0.6 is 35.6 Å². The molecule has 138 valence electrons. The van der Waals surface area contributed by atoms with Crippen molar-refractivity contribution in [2.45, 2.75) is 11.3 Å². The molecular formula is C14H17Cl3N4O3S. The molecule has 1 heterocycles. The molecule has 7 nitrogen and oxygen atoms in total. The van der Waals surface area contributed by atoms with Gasteiger partial charge in [0.25, 0.3) is 5.56 Å². The number of sulfonamides is 1. The van der Waals surface area contributed by atoms with Crippen molar-refractivity contribution >= 4 is 45.6 Å². The summed E-state index contributed by atoms with van der Waals surface area (Å²) >= 11 is 11.5. The van der Waals surface area contributed by atoms with E-state index in [1.54, 1.807) is 7.05 Å². The highest BCUT2D eigenvalue weighted by Crippen LogP contribution is 2.17. The number of benzene rings is 1. The van der Waals surface area contributed by atoms with E-state index < -0.39 is 15.6 Å². The van der Waals surface area contributed by atoms with Crippen molar-refractivity contribution in [1.82, 2.24) is 19.8 Å². The highest BCUT2D eigenvalue weighted by molar-refractivity contribution is 7.89. The quantitative estimate of drug-likeness (QED) is 0.658. The zero-order valence-corrected chi connectivity index (χ0v) is 16.3. The third-order valence-electron chi connectivity index (χ3n) is 3.16. The van der Waals surface area contributed by atoms with Crippen molar-refractivity contribution in [2.24, 2.45) is 0 Å². The molecule has 0 saturated heterocycles. The molecule has 11 heteroatoms. The summed E-state index contributed by atoms with van der Waals surface area (Å²) in [6.07, 6.45) is 1.93. The van der Waals surface area contributed by atoms with Crippen LogP contribution < -0.4 is 15.6 Å². The molecule has 0 aliphatic carbocycles. The first kappa shape index (κ1) is 21.9. The highest BCUT2D eigenvalue weighted by atomic mass is 35.5. The van der Waals surface area contributed by atoms with Crippen LogP contribution in [0.5, 0.6) is 0 Å². The normalized spacial score (nSPS) is 11.2. The first-order valence-corrected chi connectivity index (χ1v) is 9.29. The van der Waals surface area contributed by atoms with Gasteiger partial charge in [-0.2, -0.15) is 9.78 Å². The van der Waals surface area contributed by atoms with Gasteiger partial charge in [0.15, 0.2) is 0 Å². The van der Waals surface area contributed by atoms with Crippen molar-refractivity contribution in [3.05, 3.63) is 50.9 Å². The van der Waals surface area contributed by atoms with Crippen LogP contribution in [0.3, 0.4) is 0 Å². The van der Waals surface area contributed by atoms with Crippen LogP contribution in [0, 0.1) is 0 Å². The van der Waals surface area contributed by atoms with E-state index in [9.17, 15) is 13.2 Å². The summed E-state index contributed by atoms with van der Waals surface area (Å²) in [4.78, 5) is 12.1. The minimum absolute atomic E-state index is 0. The van der Waals surface area contributed by atoms with E-state index in [2.05, 4.69) is 15.1 Å². The van der Waals surface area contributed by atoms with E-state index in [1.165, 1.54) is 30.5 Å². The summed E-state index contributed by atoms with van der Waals surface area (Å²) in [6.45, 7) is 1.05. The maximum absolute atomic E-state index is 12.2. The van der Waals surface area contributed by atoms with Gasteiger partial charge in [-0.1, -0.05) is 23.2 Å². The summed E-state index contributed by atoms with van der Waals surface area (Å²) in [6, 6.07) is 5.74. The van der Waals surface area contributed by atoms with Crippen LogP contribution in [-0.4, -0.2) is 38.3 Å². The van der Waals surface area contributed by atoms with Gasteiger partial charge < -0.3 is 5.32 Å². The second kappa shape index (κ2) is 9.51. The summed E-state index contributed by atoms with van der Waals surface area (Å²) in [5.74, 6) is 0. The maximum atomic E-state index is 12.2. The van der Waals surface area contributed by atoms with Gasteiger partial charge in [0.05, 0.1) is 21.8 Å². The molecular weight excluding hydrogens is 411 g/mol. The zero-order chi connectivity index (χ0) is 17.7. The Morgan fingerprint density at radius 1 is 1.16 bits per heavy atom. The molecule has 2 aromatic rings. The minimum Gasteiger partial charge on any atom is -0.320 e. The Hall–Kier alpha value is -1.16. The summed E-state index contributed by atoms with van der Waals surface area (Å²) in [5.41, 5.74) is -0.197. The van der Waals surface area contributed by atoms with Gasteiger partial charge in [-0.3, -0.25) is 4.79 Å². The first-order valence-electron chi connectivity index (χ1n) is 7.05. The number of nitrogens with zero attached hydrogens (tertiary/aromatic N) is 2. The minimum atomic E-state index is -3.60. The van der Waals surface area contributed by atoms with E-state index in [0.29, 0.717) is 25.2 Å². The number of aromatic nitrogens is 2. The summed E-state index contributed by atoms with van der Waals surface area (Å²) in [7, 11) is -1.80. The first-order chi connectivity index (χ1) is 11.4. The lowest BCUT2D eigenvalue weighted by atomic mass is 10.3. The van der Waals surface area contributed by atoms with Crippen molar-refractivity contribution in [1.29, 1.82) is 0 Å². The van der Waals surface area contributed by atoms with Gasteiger partial charge >= 0.3 is 0 Å². The molecule has 0 amide bonds. The highest BCUT2D eigenvalue weighted by Gasteiger charge is 2.14. The van der Waals surface area contributed by atoms with E-state index in [4.69, 9.17) is 23.2 Å². The van der Waals surface area contributed by atoms with Crippen LogP contribution in [0.25, 0.3) is 5.69 Å². The molecule has 2 N–H and O–H groups in total. The molecule has 0 bridgehead atoms. The predicted molar refractivity (Wildman–Crippen MR) is 101 cm³/mol. The van der Waals surface area contributed by atoms with E-state index in [-0.39, 0.29) is 27.3 Å². The molecule has 0 unspecified atom stereocenters. The average molecular weight is 428 g/mol. The van der Waals surface area contributed by atoms with Crippen LogP contribution in [-0.2, 0) is 10.0 Å². The monoisotopic (exact) mass is 426 g/mol. The van der Waals surface area contributed by atoms with Gasteiger partial charge in [-0.05, 0) is 44.3 Å². The molecule has 0 spiro atoms. The predicted octanol–water partition coefficient (Wildman–Crippen LogP) is 1.85. The topological polar surface area (TPSA) is 93.1 Å². The number of rotatable bonds is 7. The summed E-state index contributed by atoms with van der Waals surface area (Å²) in [5, 5.41) is 6.74. The molecule has 2 rings (SSSR count). The Morgan fingerprint density at radius 2 is 1.80 bits per heavy atom. The lowest BCUT2D eigenvalue weighted by Gasteiger charge is -2.09. The lowest BCUT2D eigenvalue weighted by Crippen LogP contribution is -2.27. The molecule has 0 aliphatic heterocycles. The maximum Gasteiger partial charge on any atom is 0.291 e. The molecule has 1 aromatic carbocycles. The van der Waals surface area contributed by atoms with E-state index in [0.717, 1.165) is 4.68 Å². The van der Waals surface area contributed by atoms with Gasteiger partial charge in [0, 0.05) is 6.54 Å². The zero-order valence-electron chi connectivity index (χ0n) is 13.2. The third kappa shape index (κ3) is 5.40. The molecule has 1 aromatic heterocycles. The van der Waals surface area contributed by atoms with E-state index >= 15 is 0 Å². The molecule has 25 heavy (non-hydrogen) atoms. The standard InChI is InChI=1S/C14H16Cl2N4O3S.ClH/c1-17-7-2-8-19-24(22,23)11-5-3-10(4-6-11)20-14(21)13(16)12(15)9-18-20;/h3-6,9,17,19H,2,7-8H2,1H3;1H. The van der Waals surface area contributed by atoms with Crippen LogP contribution in [0.4, 0.5) is 0 Å². The number of halogens is 3. The fourth-order valence-electron chi connectivity index (χ4n) is 1.92. The van der Waals surface area contributed by atoms with E-state index in [1.807, 2.05) is 0 Å². The second-order valence-corrected chi connectivity index (χ2v) is 7.42. The second-order valence-electron chi connectivity index (χ2n) is 4.87. The van der Waals surface area contributed by atoms with Crippen LogP contribution in [0.15, 0.2) is 40.2 Å². The number of nitrogens with one attached hydrogen (secondary N) is 2. The molecule has 0 atom stereocenters. The average Bonchev–Trinajstić information content (AvgIpc) is 2.57. The summed E-state index contributed by atoms with van der Waals surface area (Å²) < 4.78 is 27.9. The van der Waals surface area contributed by atoms with Crippen molar-refractivity contribution in [2.75, 3.05) is 20.1 Å². The lowest BCUT2D eigenvalue weighted by molar-refractivity contribution is 0.577. The van der Waals surface area contributed by atoms with Crippen molar-refractivity contribution in [3.8, 4) is 5.69 Å².